The maximum absolute atomic E-state index is 4.23. The van der Waals surface area contributed by atoms with Gasteiger partial charge in [0, 0.05) is 19.2 Å². The van der Waals surface area contributed by atoms with Crippen LogP contribution < -0.4 is 0 Å². The lowest BCUT2D eigenvalue weighted by molar-refractivity contribution is 0.789. The Hall–Kier alpha value is -0.790. The van der Waals surface area contributed by atoms with Gasteiger partial charge in [0.1, 0.15) is 5.82 Å². The highest BCUT2D eigenvalue weighted by Gasteiger charge is 2.01. The number of nitrogens with zero attached hydrogens (tertiary/aromatic N) is 1. The zero-order chi connectivity index (χ0) is 7.56. The van der Waals surface area contributed by atoms with E-state index in [0.29, 0.717) is 5.92 Å². The molecule has 1 aromatic heterocycles. The van der Waals surface area contributed by atoms with Gasteiger partial charge in [-0.05, 0) is 6.42 Å². The van der Waals surface area contributed by atoms with Crippen LogP contribution in [0.15, 0.2) is 6.20 Å². The molecule has 0 saturated heterocycles. The highest BCUT2D eigenvalue weighted by molar-refractivity contribution is 5.03. The molecule has 0 bridgehead atoms. The molecule has 0 unspecified atom stereocenters. The van der Waals surface area contributed by atoms with Gasteiger partial charge in [0.25, 0.3) is 0 Å². The summed E-state index contributed by atoms with van der Waals surface area (Å²) in [6.45, 7) is 6.40. The molecule has 58 valence electrons. The SMILES string of the molecule is CCc1cnc(C(C)C)[nH]1.[HH]. The lowest BCUT2D eigenvalue weighted by Crippen LogP contribution is -1.89. The molecule has 0 aliphatic carbocycles. The first kappa shape index (κ1) is 7.32. The molecule has 0 aromatic carbocycles. The molecule has 0 saturated carbocycles. The maximum atomic E-state index is 4.23. The third-order valence-electron chi connectivity index (χ3n) is 1.58. The van der Waals surface area contributed by atoms with Crippen LogP contribution in [0.5, 0.6) is 0 Å². The molecule has 0 radical (unpaired) electrons. The number of hydrogen-bond acceptors (Lipinski definition) is 1. The van der Waals surface area contributed by atoms with E-state index >= 15 is 0 Å². The zero-order valence-corrected chi connectivity index (χ0v) is 6.81. The summed E-state index contributed by atoms with van der Waals surface area (Å²) >= 11 is 0. The molecular weight excluding hydrogens is 124 g/mol. The zero-order valence-electron chi connectivity index (χ0n) is 6.81. The molecular formula is C8H16N2. The second-order valence-corrected chi connectivity index (χ2v) is 2.80. The Balaban J connectivity index is 0.000001000. The summed E-state index contributed by atoms with van der Waals surface area (Å²) in [5.74, 6) is 1.61. The van der Waals surface area contributed by atoms with Crippen molar-refractivity contribution in [2.75, 3.05) is 0 Å². The molecule has 1 rings (SSSR count). The molecule has 0 aliphatic rings. The number of H-pyrrole nitrogens is 1. The summed E-state index contributed by atoms with van der Waals surface area (Å²) in [6, 6.07) is 0. The molecule has 2 nitrogen and oxygen atoms in total. The molecule has 0 fully saturated rings. The summed E-state index contributed by atoms with van der Waals surface area (Å²) in [4.78, 5) is 7.48. The largest absolute Gasteiger partial charge is 0.346 e. The van der Waals surface area contributed by atoms with Crippen molar-refractivity contribution in [3.05, 3.63) is 17.7 Å². The second-order valence-electron chi connectivity index (χ2n) is 2.80. The Kier molecular flexibility index (Phi) is 2.10. The van der Waals surface area contributed by atoms with E-state index in [2.05, 4.69) is 30.7 Å². The van der Waals surface area contributed by atoms with Crippen LogP contribution >= 0.6 is 0 Å². The minimum Gasteiger partial charge on any atom is -0.346 e. The summed E-state index contributed by atoms with van der Waals surface area (Å²) < 4.78 is 0. The van der Waals surface area contributed by atoms with Crippen LogP contribution in [0.4, 0.5) is 0 Å². The molecule has 1 aromatic rings. The van der Waals surface area contributed by atoms with Crippen molar-refractivity contribution in [1.82, 2.24) is 9.97 Å². The Morgan fingerprint density at radius 1 is 1.70 bits per heavy atom. The first-order valence-electron chi connectivity index (χ1n) is 3.77. The van der Waals surface area contributed by atoms with Gasteiger partial charge < -0.3 is 4.98 Å². The lowest BCUT2D eigenvalue weighted by atomic mass is 10.2. The van der Waals surface area contributed by atoms with Crippen LogP contribution in [-0.2, 0) is 6.42 Å². The molecule has 10 heavy (non-hydrogen) atoms. The fourth-order valence-corrected chi connectivity index (χ4v) is 0.850. The Labute approximate surface area is 63.2 Å². The third-order valence-corrected chi connectivity index (χ3v) is 1.58. The first-order chi connectivity index (χ1) is 4.74. The van der Waals surface area contributed by atoms with Crippen molar-refractivity contribution < 1.29 is 1.43 Å². The standard InChI is InChI=1S/C8H14N2.H2/c1-4-7-5-9-8(10-7)6(2)3;/h5-6H,4H2,1-3H3,(H,9,10);1H. The van der Waals surface area contributed by atoms with Crippen molar-refractivity contribution in [2.24, 2.45) is 0 Å². The fourth-order valence-electron chi connectivity index (χ4n) is 0.850. The molecule has 0 atom stereocenters. The van der Waals surface area contributed by atoms with Gasteiger partial charge in [0.05, 0.1) is 0 Å². The fraction of sp³-hybridized carbons (Fsp3) is 0.625. The monoisotopic (exact) mass is 140 g/mol. The molecule has 0 amide bonds. The second kappa shape index (κ2) is 2.86. The average molecular weight is 140 g/mol. The third kappa shape index (κ3) is 1.38. The molecule has 0 aliphatic heterocycles. The van der Waals surface area contributed by atoms with Crippen molar-refractivity contribution in [3.63, 3.8) is 0 Å². The van der Waals surface area contributed by atoms with Gasteiger partial charge in [-0.25, -0.2) is 4.98 Å². The predicted molar refractivity (Wildman–Crippen MR) is 44.2 cm³/mol. The number of aromatic amines is 1. The van der Waals surface area contributed by atoms with E-state index in [-0.39, 0.29) is 1.43 Å². The van der Waals surface area contributed by atoms with E-state index in [4.69, 9.17) is 0 Å². The number of hydrogen-bond donors (Lipinski definition) is 1. The molecule has 2 heteroatoms. The molecule has 1 N–H and O–H groups in total. The minimum absolute atomic E-state index is 0. The van der Waals surface area contributed by atoms with Crippen LogP contribution in [0, 0.1) is 0 Å². The van der Waals surface area contributed by atoms with Gasteiger partial charge in [0.2, 0.25) is 0 Å². The van der Waals surface area contributed by atoms with Gasteiger partial charge in [-0.2, -0.15) is 0 Å². The maximum Gasteiger partial charge on any atom is 0.108 e. The summed E-state index contributed by atoms with van der Waals surface area (Å²) in [5, 5.41) is 0. The van der Waals surface area contributed by atoms with Crippen molar-refractivity contribution in [1.29, 1.82) is 0 Å². The quantitative estimate of drug-likeness (QED) is 0.671. The first-order valence-corrected chi connectivity index (χ1v) is 3.77. The number of rotatable bonds is 2. The van der Waals surface area contributed by atoms with Crippen LogP contribution in [0.1, 0.15) is 39.6 Å². The van der Waals surface area contributed by atoms with Gasteiger partial charge >= 0.3 is 0 Å². The Morgan fingerprint density at radius 2 is 2.40 bits per heavy atom. The summed E-state index contributed by atoms with van der Waals surface area (Å²) in [7, 11) is 0. The van der Waals surface area contributed by atoms with Crippen LogP contribution in [0.25, 0.3) is 0 Å². The van der Waals surface area contributed by atoms with Crippen molar-refractivity contribution >= 4 is 0 Å². The highest BCUT2D eigenvalue weighted by Crippen LogP contribution is 2.09. The van der Waals surface area contributed by atoms with Crippen LogP contribution in [0.2, 0.25) is 0 Å². The van der Waals surface area contributed by atoms with Gasteiger partial charge in [-0.1, -0.05) is 20.8 Å². The lowest BCUT2D eigenvalue weighted by Gasteiger charge is -1.96. The van der Waals surface area contributed by atoms with Crippen LogP contribution in [-0.4, -0.2) is 9.97 Å². The Bertz CT molecular complexity index is 206. The van der Waals surface area contributed by atoms with Crippen LogP contribution in [0.3, 0.4) is 0 Å². The highest BCUT2D eigenvalue weighted by atomic mass is 14.9. The van der Waals surface area contributed by atoms with E-state index < -0.39 is 0 Å². The molecule has 1 heterocycles. The summed E-state index contributed by atoms with van der Waals surface area (Å²) in [5.41, 5.74) is 1.23. The average Bonchev–Trinajstić information content (AvgIpc) is 2.34. The van der Waals surface area contributed by atoms with Gasteiger partial charge in [-0.3, -0.25) is 0 Å². The summed E-state index contributed by atoms with van der Waals surface area (Å²) in [6.07, 6.45) is 2.95. The molecule has 0 spiro atoms. The van der Waals surface area contributed by atoms with E-state index in [1.807, 2.05) is 6.20 Å². The minimum atomic E-state index is 0. The van der Waals surface area contributed by atoms with Gasteiger partial charge in [-0.15, -0.1) is 0 Å². The number of imidazole rings is 1. The predicted octanol–water partition coefficient (Wildman–Crippen LogP) is 2.34. The number of aryl methyl sites for hydroxylation is 1. The number of aromatic nitrogens is 2. The smallest absolute Gasteiger partial charge is 0.108 e. The van der Waals surface area contributed by atoms with Crippen molar-refractivity contribution in [2.45, 2.75) is 33.1 Å². The van der Waals surface area contributed by atoms with E-state index in [9.17, 15) is 0 Å². The topological polar surface area (TPSA) is 28.7 Å². The van der Waals surface area contributed by atoms with E-state index in [1.165, 1.54) is 5.69 Å². The van der Waals surface area contributed by atoms with Gasteiger partial charge in [0.15, 0.2) is 0 Å². The van der Waals surface area contributed by atoms with E-state index in [1.54, 1.807) is 0 Å². The normalized spacial score (nSPS) is 10.8. The number of nitrogens with one attached hydrogen (secondary N) is 1. The van der Waals surface area contributed by atoms with Crippen molar-refractivity contribution in [3.8, 4) is 0 Å². The Morgan fingerprint density at radius 3 is 2.70 bits per heavy atom. The van der Waals surface area contributed by atoms with E-state index in [0.717, 1.165) is 12.2 Å².